The highest BCUT2D eigenvalue weighted by molar-refractivity contribution is 5.75. The van der Waals surface area contributed by atoms with Crippen molar-refractivity contribution in [2.24, 2.45) is 0 Å². The second-order valence-corrected chi connectivity index (χ2v) is 2.75. The van der Waals surface area contributed by atoms with E-state index in [1.54, 1.807) is 14.0 Å². The number of ether oxygens (including phenoxy) is 1. The van der Waals surface area contributed by atoms with Gasteiger partial charge < -0.3 is 15.2 Å². The van der Waals surface area contributed by atoms with Crippen molar-refractivity contribution in [1.29, 1.82) is 0 Å². The van der Waals surface area contributed by atoms with Gasteiger partial charge in [-0.15, -0.1) is 0 Å². The van der Waals surface area contributed by atoms with E-state index >= 15 is 0 Å². The fraction of sp³-hybridized carbons (Fsp3) is 0.875. The molecule has 0 aromatic rings. The number of aliphatic hydroxyl groups excluding tert-OH is 1. The van der Waals surface area contributed by atoms with Crippen molar-refractivity contribution in [3.8, 4) is 0 Å². The zero-order valence-electron chi connectivity index (χ0n) is 7.67. The second-order valence-electron chi connectivity index (χ2n) is 2.75. The third kappa shape index (κ3) is 7.50. The summed E-state index contributed by atoms with van der Waals surface area (Å²) in [5, 5.41) is 11.4. The quantitative estimate of drug-likeness (QED) is 0.555. The van der Waals surface area contributed by atoms with Crippen LogP contribution in [-0.2, 0) is 9.53 Å². The van der Waals surface area contributed by atoms with E-state index < -0.39 is 6.10 Å². The molecule has 0 aromatic carbocycles. The summed E-state index contributed by atoms with van der Waals surface area (Å²) in [4.78, 5) is 10.9. The highest BCUT2D eigenvalue weighted by Crippen LogP contribution is 1.89. The van der Waals surface area contributed by atoms with Gasteiger partial charge in [0.1, 0.15) is 0 Å². The minimum absolute atomic E-state index is 0.0343. The molecule has 4 heteroatoms. The Kier molecular flexibility index (Phi) is 6.70. The lowest BCUT2D eigenvalue weighted by Gasteiger charge is -2.06. The number of hydrogen-bond acceptors (Lipinski definition) is 3. The Morgan fingerprint density at radius 2 is 2.33 bits per heavy atom. The molecule has 0 aliphatic heterocycles. The summed E-state index contributed by atoms with van der Waals surface area (Å²) in [6, 6.07) is 0. The molecule has 72 valence electrons. The number of nitrogens with one attached hydrogen (secondary N) is 1. The zero-order valence-corrected chi connectivity index (χ0v) is 7.67. The number of rotatable bonds is 6. The van der Waals surface area contributed by atoms with Gasteiger partial charge in [-0.05, 0) is 13.3 Å². The van der Waals surface area contributed by atoms with Crippen LogP contribution < -0.4 is 5.32 Å². The maximum atomic E-state index is 10.9. The van der Waals surface area contributed by atoms with Crippen LogP contribution in [0.5, 0.6) is 0 Å². The van der Waals surface area contributed by atoms with E-state index in [0.717, 1.165) is 6.42 Å². The standard InChI is InChI=1S/C8H17NO3/c1-7(10)6-9-8(11)4-3-5-12-2/h7,10H,3-6H2,1-2H3,(H,9,11). The molecule has 0 bridgehead atoms. The van der Waals surface area contributed by atoms with Crippen molar-refractivity contribution in [3.05, 3.63) is 0 Å². The van der Waals surface area contributed by atoms with E-state index in [-0.39, 0.29) is 5.91 Å². The van der Waals surface area contributed by atoms with Crippen LogP contribution in [0.15, 0.2) is 0 Å². The van der Waals surface area contributed by atoms with E-state index in [1.807, 2.05) is 0 Å². The van der Waals surface area contributed by atoms with E-state index in [1.165, 1.54) is 0 Å². The average Bonchev–Trinajstić information content (AvgIpc) is 2.01. The molecule has 1 unspecified atom stereocenters. The molecule has 0 aliphatic carbocycles. The molecule has 0 aromatic heterocycles. The van der Waals surface area contributed by atoms with Gasteiger partial charge in [0.2, 0.25) is 5.91 Å². The van der Waals surface area contributed by atoms with E-state index in [9.17, 15) is 4.79 Å². The molecule has 0 radical (unpaired) electrons. The third-order valence-electron chi connectivity index (χ3n) is 1.35. The molecule has 0 spiro atoms. The summed E-state index contributed by atoms with van der Waals surface area (Å²) >= 11 is 0. The Bertz CT molecular complexity index is 125. The largest absolute Gasteiger partial charge is 0.392 e. The van der Waals surface area contributed by atoms with Crippen molar-refractivity contribution >= 4 is 5.91 Å². The van der Waals surface area contributed by atoms with Gasteiger partial charge in [0, 0.05) is 26.7 Å². The van der Waals surface area contributed by atoms with Gasteiger partial charge >= 0.3 is 0 Å². The molecule has 0 aliphatic rings. The minimum atomic E-state index is -0.476. The number of amides is 1. The van der Waals surface area contributed by atoms with Crippen LogP contribution in [0.2, 0.25) is 0 Å². The number of aliphatic hydroxyl groups is 1. The fourth-order valence-electron chi connectivity index (χ4n) is 0.727. The molecule has 0 rings (SSSR count). The smallest absolute Gasteiger partial charge is 0.220 e. The summed E-state index contributed by atoms with van der Waals surface area (Å²) in [6.07, 6.45) is 0.708. The lowest BCUT2D eigenvalue weighted by molar-refractivity contribution is -0.121. The third-order valence-corrected chi connectivity index (χ3v) is 1.35. The summed E-state index contributed by atoms with van der Waals surface area (Å²) in [5.41, 5.74) is 0. The summed E-state index contributed by atoms with van der Waals surface area (Å²) in [7, 11) is 1.60. The first kappa shape index (κ1) is 11.4. The van der Waals surface area contributed by atoms with Gasteiger partial charge in [0.25, 0.3) is 0 Å². The van der Waals surface area contributed by atoms with Crippen molar-refractivity contribution in [1.82, 2.24) is 5.32 Å². The first-order valence-corrected chi connectivity index (χ1v) is 4.10. The Morgan fingerprint density at radius 1 is 1.67 bits per heavy atom. The highest BCUT2D eigenvalue weighted by Gasteiger charge is 2.01. The normalized spacial score (nSPS) is 12.6. The minimum Gasteiger partial charge on any atom is -0.392 e. The van der Waals surface area contributed by atoms with Gasteiger partial charge in [-0.25, -0.2) is 0 Å². The molecular weight excluding hydrogens is 158 g/mol. The van der Waals surface area contributed by atoms with Crippen molar-refractivity contribution in [3.63, 3.8) is 0 Å². The lowest BCUT2D eigenvalue weighted by Crippen LogP contribution is -2.30. The predicted octanol–water partition coefficient (Wildman–Crippen LogP) is -0.0900. The molecule has 0 fully saturated rings. The average molecular weight is 175 g/mol. The van der Waals surface area contributed by atoms with Crippen LogP contribution in [0.1, 0.15) is 19.8 Å². The van der Waals surface area contributed by atoms with Crippen molar-refractivity contribution in [2.75, 3.05) is 20.3 Å². The summed E-state index contributed by atoms with van der Waals surface area (Å²) in [6.45, 7) is 2.56. The maximum Gasteiger partial charge on any atom is 0.220 e. The predicted molar refractivity (Wildman–Crippen MR) is 45.8 cm³/mol. The molecule has 0 saturated carbocycles. The molecule has 4 nitrogen and oxygen atoms in total. The molecule has 12 heavy (non-hydrogen) atoms. The monoisotopic (exact) mass is 175 g/mol. The molecule has 1 atom stereocenters. The summed E-state index contributed by atoms with van der Waals surface area (Å²) < 4.78 is 4.79. The first-order valence-electron chi connectivity index (χ1n) is 4.10. The van der Waals surface area contributed by atoms with Crippen molar-refractivity contribution in [2.45, 2.75) is 25.9 Å². The number of methoxy groups -OCH3 is 1. The van der Waals surface area contributed by atoms with Crippen LogP contribution in [-0.4, -0.2) is 37.4 Å². The van der Waals surface area contributed by atoms with Crippen molar-refractivity contribution < 1.29 is 14.6 Å². The van der Waals surface area contributed by atoms with Gasteiger partial charge in [-0.2, -0.15) is 0 Å². The molecule has 0 heterocycles. The van der Waals surface area contributed by atoms with Crippen LogP contribution in [0, 0.1) is 0 Å². The fourth-order valence-corrected chi connectivity index (χ4v) is 0.727. The van der Waals surface area contributed by atoms with Gasteiger partial charge in [-0.1, -0.05) is 0 Å². The van der Waals surface area contributed by atoms with E-state index in [0.29, 0.717) is 19.6 Å². The topological polar surface area (TPSA) is 58.6 Å². The van der Waals surface area contributed by atoms with Crippen LogP contribution >= 0.6 is 0 Å². The highest BCUT2D eigenvalue weighted by atomic mass is 16.5. The van der Waals surface area contributed by atoms with Crippen LogP contribution in [0.25, 0.3) is 0 Å². The molecule has 2 N–H and O–H groups in total. The molecule has 1 amide bonds. The number of carbonyl (C=O) groups is 1. The number of hydrogen-bond donors (Lipinski definition) is 2. The van der Waals surface area contributed by atoms with Crippen LogP contribution in [0.3, 0.4) is 0 Å². The SMILES string of the molecule is COCCCC(=O)NCC(C)O. The second kappa shape index (κ2) is 7.06. The number of carbonyl (C=O) groups excluding carboxylic acids is 1. The Balaban J connectivity index is 3.22. The Labute approximate surface area is 72.9 Å². The summed E-state index contributed by atoms with van der Waals surface area (Å²) in [5.74, 6) is -0.0343. The first-order chi connectivity index (χ1) is 5.66. The van der Waals surface area contributed by atoms with Gasteiger partial charge in [0.05, 0.1) is 6.10 Å². The van der Waals surface area contributed by atoms with Gasteiger partial charge in [-0.3, -0.25) is 4.79 Å². The molecular formula is C8H17NO3. The van der Waals surface area contributed by atoms with Gasteiger partial charge in [0.15, 0.2) is 0 Å². The Morgan fingerprint density at radius 3 is 2.83 bits per heavy atom. The van der Waals surface area contributed by atoms with E-state index in [4.69, 9.17) is 9.84 Å². The lowest BCUT2D eigenvalue weighted by atomic mass is 10.3. The zero-order chi connectivity index (χ0) is 9.40. The van der Waals surface area contributed by atoms with Crippen LogP contribution in [0.4, 0.5) is 0 Å². The Hall–Kier alpha value is -0.610. The van der Waals surface area contributed by atoms with E-state index in [2.05, 4.69) is 5.32 Å². The maximum absolute atomic E-state index is 10.9. The molecule has 0 saturated heterocycles.